The zero-order valence-electron chi connectivity index (χ0n) is 13.5. The molecule has 0 bridgehead atoms. The van der Waals surface area contributed by atoms with E-state index in [0.717, 1.165) is 18.7 Å². The molecule has 0 aromatic carbocycles. The summed E-state index contributed by atoms with van der Waals surface area (Å²) in [7, 11) is 0. The number of rotatable bonds is 6. The molecule has 0 atom stereocenters. The van der Waals surface area contributed by atoms with Crippen LogP contribution in [0.15, 0.2) is 0 Å². The van der Waals surface area contributed by atoms with Gasteiger partial charge < -0.3 is 5.32 Å². The average Bonchev–Trinajstić information content (AvgIpc) is 3.01. The molecule has 2 aliphatic carbocycles. The summed E-state index contributed by atoms with van der Waals surface area (Å²) in [6.45, 7) is 2.25. The minimum atomic E-state index is 0.648. The van der Waals surface area contributed by atoms with Gasteiger partial charge in [-0.25, -0.2) is 9.97 Å². The maximum Gasteiger partial charge on any atom is 0.133 e. The molecule has 0 unspecified atom stereocenters. The van der Waals surface area contributed by atoms with E-state index < -0.39 is 0 Å². The van der Waals surface area contributed by atoms with Crippen molar-refractivity contribution in [2.45, 2.75) is 90.0 Å². The molecule has 116 valence electrons. The third kappa shape index (κ3) is 3.75. The molecule has 0 spiro atoms. The highest BCUT2D eigenvalue weighted by Crippen LogP contribution is 2.29. The van der Waals surface area contributed by atoms with Crippen LogP contribution in [0.5, 0.6) is 0 Å². The molecule has 3 rings (SSSR count). The molecule has 1 N–H and O–H groups in total. The van der Waals surface area contributed by atoms with E-state index in [0.29, 0.717) is 6.04 Å². The monoisotopic (exact) mass is 287 g/mol. The topological polar surface area (TPSA) is 37.8 Å². The van der Waals surface area contributed by atoms with Gasteiger partial charge in [-0.2, -0.15) is 0 Å². The largest absolute Gasteiger partial charge is 0.367 e. The van der Waals surface area contributed by atoms with Crippen molar-refractivity contribution in [2.24, 2.45) is 0 Å². The molecular weight excluding hydrogens is 258 g/mol. The normalized spacial score (nSPS) is 18.7. The summed E-state index contributed by atoms with van der Waals surface area (Å²) in [6, 6.07) is 0.648. The summed E-state index contributed by atoms with van der Waals surface area (Å²) < 4.78 is 0. The fourth-order valence-electron chi connectivity index (χ4n) is 3.67. The molecule has 0 amide bonds. The van der Waals surface area contributed by atoms with Crippen LogP contribution in [0.2, 0.25) is 0 Å². The Balaban J connectivity index is 1.78. The van der Waals surface area contributed by atoms with Crippen LogP contribution in [-0.4, -0.2) is 16.0 Å². The maximum absolute atomic E-state index is 4.90. The molecule has 1 saturated carbocycles. The lowest BCUT2D eigenvalue weighted by atomic mass is 9.96. The summed E-state index contributed by atoms with van der Waals surface area (Å²) in [5, 5.41) is 3.75. The number of fused-ring (bicyclic) bond motifs is 1. The fraction of sp³-hybridized carbons (Fsp3) is 0.778. The van der Waals surface area contributed by atoms with Crippen molar-refractivity contribution in [3.05, 3.63) is 17.1 Å². The summed E-state index contributed by atoms with van der Waals surface area (Å²) in [5.74, 6) is 2.25. The van der Waals surface area contributed by atoms with Gasteiger partial charge in [0.25, 0.3) is 0 Å². The van der Waals surface area contributed by atoms with Gasteiger partial charge in [0, 0.05) is 23.7 Å². The fourth-order valence-corrected chi connectivity index (χ4v) is 3.67. The van der Waals surface area contributed by atoms with Gasteiger partial charge in [-0.15, -0.1) is 0 Å². The standard InChI is InChI=1S/C18H29N3/c1-2-3-4-13-17-20-16-12-8-7-11-15(16)18(21-17)19-14-9-5-6-10-14/h14H,2-13H2,1H3,(H,19,20,21). The van der Waals surface area contributed by atoms with Crippen molar-refractivity contribution in [2.75, 3.05) is 5.32 Å². The molecule has 1 fully saturated rings. The molecule has 1 heterocycles. The third-order valence-corrected chi connectivity index (χ3v) is 4.93. The quantitative estimate of drug-likeness (QED) is 0.786. The summed E-state index contributed by atoms with van der Waals surface area (Å²) in [4.78, 5) is 9.77. The first-order chi connectivity index (χ1) is 10.4. The zero-order valence-corrected chi connectivity index (χ0v) is 13.5. The van der Waals surface area contributed by atoms with Crippen LogP contribution in [0.4, 0.5) is 5.82 Å². The van der Waals surface area contributed by atoms with E-state index >= 15 is 0 Å². The van der Waals surface area contributed by atoms with Gasteiger partial charge in [-0.1, -0.05) is 32.6 Å². The second kappa shape index (κ2) is 7.24. The van der Waals surface area contributed by atoms with Gasteiger partial charge in [-0.05, 0) is 44.9 Å². The molecule has 0 saturated heterocycles. The minimum Gasteiger partial charge on any atom is -0.367 e. The predicted octanol–water partition coefficient (Wildman–Crippen LogP) is 4.44. The molecule has 0 aliphatic heterocycles. The van der Waals surface area contributed by atoms with Crippen molar-refractivity contribution in [3.8, 4) is 0 Å². The first kappa shape index (κ1) is 14.8. The number of nitrogens with zero attached hydrogens (tertiary/aromatic N) is 2. The Labute approximate surface area is 129 Å². The van der Waals surface area contributed by atoms with E-state index in [1.165, 1.54) is 81.3 Å². The molecule has 3 heteroatoms. The van der Waals surface area contributed by atoms with E-state index in [1.54, 1.807) is 0 Å². The van der Waals surface area contributed by atoms with Gasteiger partial charge in [0.2, 0.25) is 0 Å². The molecule has 1 aromatic rings. The number of unbranched alkanes of at least 4 members (excludes halogenated alkanes) is 2. The van der Waals surface area contributed by atoms with Crippen LogP contribution in [0.25, 0.3) is 0 Å². The Morgan fingerprint density at radius 3 is 2.62 bits per heavy atom. The van der Waals surface area contributed by atoms with Crippen LogP contribution in [-0.2, 0) is 19.3 Å². The lowest BCUT2D eigenvalue weighted by Crippen LogP contribution is -2.20. The van der Waals surface area contributed by atoms with E-state index in [1.807, 2.05) is 0 Å². The first-order valence-electron chi connectivity index (χ1n) is 9.02. The highest BCUT2D eigenvalue weighted by Gasteiger charge is 2.21. The Bertz CT molecular complexity index is 464. The zero-order chi connectivity index (χ0) is 14.5. The molecule has 21 heavy (non-hydrogen) atoms. The van der Waals surface area contributed by atoms with Gasteiger partial charge in [0.15, 0.2) is 0 Å². The Morgan fingerprint density at radius 2 is 1.81 bits per heavy atom. The summed E-state index contributed by atoms with van der Waals surface area (Å²) in [6.07, 6.45) is 15.1. The summed E-state index contributed by atoms with van der Waals surface area (Å²) >= 11 is 0. The average molecular weight is 287 g/mol. The lowest BCUT2D eigenvalue weighted by Gasteiger charge is -2.22. The Hall–Kier alpha value is -1.12. The number of aromatic nitrogens is 2. The van der Waals surface area contributed by atoms with Gasteiger partial charge >= 0.3 is 0 Å². The van der Waals surface area contributed by atoms with Crippen molar-refractivity contribution < 1.29 is 0 Å². The second-order valence-corrected chi connectivity index (χ2v) is 6.70. The predicted molar refractivity (Wildman–Crippen MR) is 87.8 cm³/mol. The Morgan fingerprint density at radius 1 is 1.00 bits per heavy atom. The summed E-state index contributed by atoms with van der Waals surface area (Å²) in [5.41, 5.74) is 2.76. The number of aryl methyl sites for hydroxylation is 2. The molecule has 0 radical (unpaired) electrons. The number of anilines is 1. The molecule has 2 aliphatic rings. The van der Waals surface area contributed by atoms with E-state index in [4.69, 9.17) is 9.97 Å². The van der Waals surface area contributed by atoms with Crippen LogP contribution in [0, 0.1) is 0 Å². The van der Waals surface area contributed by atoms with Crippen LogP contribution in [0.3, 0.4) is 0 Å². The van der Waals surface area contributed by atoms with Crippen LogP contribution < -0.4 is 5.32 Å². The highest BCUT2D eigenvalue weighted by atomic mass is 15.1. The smallest absolute Gasteiger partial charge is 0.133 e. The van der Waals surface area contributed by atoms with Crippen LogP contribution >= 0.6 is 0 Å². The van der Waals surface area contributed by atoms with Gasteiger partial charge in [0.1, 0.15) is 11.6 Å². The highest BCUT2D eigenvalue weighted by molar-refractivity contribution is 5.48. The van der Waals surface area contributed by atoms with Crippen molar-refractivity contribution in [1.82, 2.24) is 9.97 Å². The van der Waals surface area contributed by atoms with Crippen molar-refractivity contribution in [3.63, 3.8) is 0 Å². The lowest BCUT2D eigenvalue weighted by molar-refractivity contribution is 0.637. The van der Waals surface area contributed by atoms with E-state index in [2.05, 4.69) is 12.2 Å². The molecular formula is C18H29N3. The SMILES string of the molecule is CCCCCc1nc2c(c(NC3CCCC3)n1)CCCC2. The van der Waals surface area contributed by atoms with E-state index in [-0.39, 0.29) is 0 Å². The number of hydrogen-bond acceptors (Lipinski definition) is 3. The number of hydrogen-bond donors (Lipinski definition) is 1. The Kier molecular flexibility index (Phi) is 5.10. The number of nitrogens with one attached hydrogen (secondary N) is 1. The second-order valence-electron chi connectivity index (χ2n) is 6.70. The van der Waals surface area contributed by atoms with Crippen molar-refractivity contribution in [1.29, 1.82) is 0 Å². The van der Waals surface area contributed by atoms with Crippen LogP contribution in [0.1, 0.15) is 81.8 Å². The van der Waals surface area contributed by atoms with Gasteiger partial charge in [0.05, 0.1) is 0 Å². The minimum absolute atomic E-state index is 0.648. The van der Waals surface area contributed by atoms with E-state index in [9.17, 15) is 0 Å². The van der Waals surface area contributed by atoms with Crippen molar-refractivity contribution >= 4 is 5.82 Å². The first-order valence-corrected chi connectivity index (χ1v) is 9.02. The molecule has 1 aromatic heterocycles. The maximum atomic E-state index is 4.90. The van der Waals surface area contributed by atoms with Gasteiger partial charge in [-0.3, -0.25) is 0 Å². The third-order valence-electron chi connectivity index (χ3n) is 4.93. The molecule has 3 nitrogen and oxygen atoms in total.